The average molecular weight is 243 g/mol. The van der Waals surface area contributed by atoms with Crippen LogP contribution in [0.5, 0.6) is 0 Å². The first-order valence-electron chi connectivity index (χ1n) is 6.28. The number of hydrogen-bond donors (Lipinski definition) is 1. The molecule has 4 heteroatoms. The van der Waals surface area contributed by atoms with E-state index in [9.17, 15) is 9.90 Å². The van der Waals surface area contributed by atoms with Crippen LogP contribution in [-0.4, -0.2) is 41.4 Å². The monoisotopic (exact) mass is 243 g/mol. The van der Waals surface area contributed by atoms with E-state index in [0.29, 0.717) is 0 Å². The maximum atomic E-state index is 11.9. The maximum Gasteiger partial charge on any atom is 0.410 e. The summed E-state index contributed by atoms with van der Waals surface area (Å²) in [6.07, 6.45) is 2.78. The number of rotatable bonds is 3. The fraction of sp³-hybridized carbons (Fsp3) is 0.923. The molecule has 1 unspecified atom stereocenters. The molecule has 0 spiro atoms. The molecule has 1 rings (SSSR count). The lowest BCUT2D eigenvalue weighted by molar-refractivity contribution is -0.0404. The molecule has 1 aliphatic rings. The zero-order valence-corrected chi connectivity index (χ0v) is 11.6. The molecule has 0 aromatic carbocycles. The minimum atomic E-state index is -0.475. The Morgan fingerprint density at radius 2 is 2.00 bits per heavy atom. The first-order valence-corrected chi connectivity index (χ1v) is 6.28. The lowest BCUT2D eigenvalue weighted by Gasteiger charge is -2.48. The van der Waals surface area contributed by atoms with Gasteiger partial charge in [-0.05, 0) is 40.5 Å². The van der Waals surface area contributed by atoms with E-state index in [1.807, 2.05) is 27.7 Å². The van der Waals surface area contributed by atoms with Gasteiger partial charge < -0.3 is 14.7 Å². The second-order valence-corrected chi connectivity index (χ2v) is 6.14. The first-order chi connectivity index (χ1) is 7.72. The highest BCUT2D eigenvalue weighted by Crippen LogP contribution is 2.45. The van der Waals surface area contributed by atoms with Crippen LogP contribution in [0.25, 0.3) is 0 Å². The van der Waals surface area contributed by atoms with Gasteiger partial charge in [0.1, 0.15) is 5.60 Å². The van der Waals surface area contributed by atoms with Crippen molar-refractivity contribution in [2.45, 2.75) is 58.6 Å². The Kier molecular flexibility index (Phi) is 4.07. The fourth-order valence-corrected chi connectivity index (χ4v) is 2.24. The summed E-state index contributed by atoms with van der Waals surface area (Å²) >= 11 is 0. The molecule has 1 aliphatic carbocycles. The zero-order valence-electron chi connectivity index (χ0n) is 11.6. The molecule has 1 amide bonds. The van der Waals surface area contributed by atoms with Crippen LogP contribution in [0.1, 0.15) is 47.0 Å². The summed E-state index contributed by atoms with van der Waals surface area (Å²) in [6, 6.07) is 0.0103. The summed E-state index contributed by atoms with van der Waals surface area (Å²) in [5.41, 5.74) is -0.595. The van der Waals surface area contributed by atoms with Gasteiger partial charge in [-0.25, -0.2) is 4.79 Å². The minimum absolute atomic E-state index is 0.0103. The maximum absolute atomic E-state index is 11.9. The lowest BCUT2D eigenvalue weighted by atomic mass is 9.64. The van der Waals surface area contributed by atoms with Crippen molar-refractivity contribution in [3.8, 4) is 0 Å². The second kappa shape index (κ2) is 4.84. The molecular weight excluding hydrogens is 218 g/mol. The second-order valence-electron chi connectivity index (χ2n) is 6.14. The summed E-state index contributed by atoms with van der Waals surface area (Å²) in [6.45, 7) is 7.69. The van der Waals surface area contributed by atoms with Gasteiger partial charge in [0.05, 0.1) is 6.61 Å². The molecule has 0 aromatic heterocycles. The first kappa shape index (κ1) is 14.3. The quantitative estimate of drug-likeness (QED) is 0.828. The molecule has 0 aliphatic heterocycles. The van der Waals surface area contributed by atoms with Crippen LogP contribution in [-0.2, 0) is 4.74 Å². The Hall–Kier alpha value is -0.770. The van der Waals surface area contributed by atoms with Gasteiger partial charge in [-0.15, -0.1) is 0 Å². The molecule has 1 fully saturated rings. The third-order valence-corrected chi connectivity index (χ3v) is 3.81. The summed E-state index contributed by atoms with van der Waals surface area (Å²) in [4.78, 5) is 13.5. The Balaban J connectivity index is 2.63. The number of ether oxygens (including phenoxy) is 1. The van der Waals surface area contributed by atoms with Crippen molar-refractivity contribution in [3.63, 3.8) is 0 Å². The van der Waals surface area contributed by atoms with E-state index in [1.54, 1.807) is 11.9 Å². The van der Waals surface area contributed by atoms with E-state index in [1.165, 1.54) is 0 Å². The predicted molar refractivity (Wildman–Crippen MR) is 66.8 cm³/mol. The van der Waals surface area contributed by atoms with Gasteiger partial charge in [0.15, 0.2) is 0 Å². The number of carbonyl (C=O) groups excluding carboxylic acids is 1. The summed E-state index contributed by atoms with van der Waals surface area (Å²) in [5.74, 6) is 0. The highest BCUT2D eigenvalue weighted by molar-refractivity contribution is 5.68. The Morgan fingerprint density at radius 3 is 2.29 bits per heavy atom. The van der Waals surface area contributed by atoms with Crippen molar-refractivity contribution in [1.82, 2.24) is 4.90 Å². The zero-order chi connectivity index (χ0) is 13.3. The van der Waals surface area contributed by atoms with E-state index in [0.717, 1.165) is 19.3 Å². The summed E-state index contributed by atoms with van der Waals surface area (Å²) < 4.78 is 5.33. The van der Waals surface area contributed by atoms with E-state index < -0.39 is 5.60 Å². The predicted octanol–water partition coefficient (Wildman–Crippen LogP) is 2.40. The highest BCUT2D eigenvalue weighted by Gasteiger charge is 2.44. The number of nitrogens with zero attached hydrogens (tertiary/aromatic N) is 1. The molecule has 0 aromatic rings. The van der Waals surface area contributed by atoms with Gasteiger partial charge in [0, 0.05) is 18.5 Å². The molecule has 0 heterocycles. The third kappa shape index (κ3) is 3.12. The molecule has 1 N–H and O–H groups in total. The number of carbonyl (C=O) groups is 1. The number of aliphatic hydroxyl groups is 1. The van der Waals surface area contributed by atoms with Gasteiger partial charge in [-0.1, -0.05) is 6.42 Å². The molecule has 1 saturated carbocycles. The smallest absolute Gasteiger partial charge is 0.410 e. The molecule has 0 radical (unpaired) electrons. The molecule has 1 atom stereocenters. The number of aliphatic hydroxyl groups excluding tert-OH is 1. The Morgan fingerprint density at radius 1 is 1.47 bits per heavy atom. The topological polar surface area (TPSA) is 49.8 Å². The largest absolute Gasteiger partial charge is 0.444 e. The van der Waals surface area contributed by atoms with Crippen LogP contribution in [0.15, 0.2) is 0 Å². The van der Waals surface area contributed by atoms with Gasteiger partial charge in [-0.2, -0.15) is 0 Å². The fourth-order valence-electron chi connectivity index (χ4n) is 2.24. The van der Waals surface area contributed by atoms with Crippen molar-refractivity contribution in [1.29, 1.82) is 0 Å². The summed E-state index contributed by atoms with van der Waals surface area (Å²) in [7, 11) is 1.74. The van der Waals surface area contributed by atoms with Crippen molar-refractivity contribution >= 4 is 6.09 Å². The number of hydrogen-bond acceptors (Lipinski definition) is 3. The van der Waals surface area contributed by atoms with E-state index in [4.69, 9.17) is 4.74 Å². The lowest BCUT2D eigenvalue weighted by Crippen LogP contribution is -2.53. The standard InChI is InChI=1S/C13H25NO3/c1-10(13(9-15)7-6-8-13)14(5)11(16)17-12(2,3)4/h10,15H,6-9H2,1-5H3. The molecule has 100 valence electrons. The van der Waals surface area contributed by atoms with Crippen molar-refractivity contribution < 1.29 is 14.6 Å². The molecule has 4 nitrogen and oxygen atoms in total. The van der Waals surface area contributed by atoms with Crippen LogP contribution in [0.2, 0.25) is 0 Å². The van der Waals surface area contributed by atoms with Gasteiger partial charge >= 0.3 is 6.09 Å². The van der Waals surface area contributed by atoms with Crippen molar-refractivity contribution in [2.75, 3.05) is 13.7 Å². The normalized spacial score (nSPS) is 20.4. The van der Waals surface area contributed by atoms with Crippen LogP contribution in [0.4, 0.5) is 4.79 Å². The van der Waals surface area contributed by atoms with E-state index >= 15 is 0 Å². The summed E-state index contributed by atoms with van der Waals surface area (Å²) in [5, 5.41) is 9.49. The van der Waals surface area contributed by atoms with Crippen LogP contribution < -0.4 is 0 Å². The molecule has 0 saturated heterocycles. The Labute approximate surface area is 104 Å². The Bertz CT molecular complexity index is 273. The highest BCUT2D eigenvalue weighted by atomic mass is 16.6. The van der Waals surface area contributed by atoms with Gasteiger partial charge in [0.25, 0.3) is 0 Å². The molecular formula is C13H25NO3. The van der Waals surface area contributed by atoms with E-state index in [-0.39, 0.29) is 24.2 Å². The number of amides is 1. The van der Waals surface area contributed by atoms with Gasteiger partial charge in [-0.3, -0.25) is 0 Å². The van der Waals surface area contributed by atoms with Crippen LogP contribution in [0, 0.1) is 5.41 Å². The average Bonchev–Trinajstić information content (AvgIpc) is 2.12. The van der Waals surface area contributed by atoms with Gasteiger partial charge in [0.2, 0.25) is 0 Å². The van der Waals surface area contributed by atoms with Crippen LogP contribution >= 0.6 is 0 Å². The van der Waals surface area contributed by atoms with Crippen molar-refractivity contribution in [2.24, 2.45) is 5.41 Å². The third-order valence-electron chi connectivity index (χ3n) is 3.81. The molecule has 0 bridgehead atoms. The van der Waals surface area contributed by atoms with Crippen molar-refractivity contribution in [3.05, 3.63) is 0 Å². The van der Waals surface area contributed by atoms with E-state index in [2.05, 4.69) is 0 Å². The minimum Gasteiger partial charge on any atom is -0.444 e. The van der Waals surface area contributed by atoms with Crippen LogP contribution in [0.3, 0.4) is 0 Å². The SMILES string of the molecule is CC(N(C)C(=O)OC(C)(C)C)C1(CO)CCC1. The molecule has 17 heavy (non-hydrogen) atoms.